The van der Waals surface area contributed by atoms with Crippen molar-refractivity contribution in [3.63, 3.8) is 0 Å². The lowest BCUT2D eigenvalue weighted by Crippen LogP contribution is -2.14. The SMILES string of the molecule is C#CCCCNCc1ccc(Br)c([N+](=O)[O-])c1. The molecule has 0 aliphatic carbocycles. The van der Waals surface area contributed by atoms with E-state index in [-0.39, 0.29) is 5.69 Å². The zero-order chi connectivity index (χ0) is 12.7. The normalized spacial score (nSPS) is 9.88. The molecule has 1 aromatic carbocycles. The Kier molecular flexibility index (Phi) is 5.67. The van der Waals surface area contributed by atoms with Gasteiger partial charge in [0.1, 0.15) is 0 Å². The van der Waals surface area contributed by atoms with Crippen LogP contribution in [0.1, 0.15) is 18.4 Å². The molecule has 0 bridgehead atoms. The van der Waals surface area contributed by atoms with Crippen LogP contribution in [0.25, 0.3) is 0 Å². The van der Waals surface area contributed by atoms with Crippen LogP contribution in [0.5, 0.6) is 0 Å². The van der Waals surface area contributed by atoms with Gasteiger partial charge in [0.15, 0.2) is 0 Å². The molecule has 4 nitrogen and oxygen atoms in total. The summed E-state index contributed by atoms with van der Waals surface area (Å²) in [4.78, 5) is 10.3. The van der Waals surface area contributed by atoms with Gasteiger partial charge < -0.3 is 5.32 Å². The lowest BCUT2D eigenvalue weighted by Gasteiger charge is -2.04. The molecule has 17 heavy (non-hydrogen) atoms. The van der Waals surface area contributed by atoms with Crippen molar-refractivity contribution in [2.75, 3.05) is 6.54 Å². The molecule has 0 radical (unpaired) electrons. The number of terminal acetylenes is 1. The van der Waals surface area contributed by atoms with Gasteiger partial charge in [-0.15, -0.1) is 12.3 Å². The number of benzene rings is 1. The van der Waals surface area contributed by atoms with Crippen LogP contribution >= 0.6 is 15.9 Å². The number of nitro groups is 1. The molecule has 0 fully saturated rings. The number of halogens is 1. The Hall–Kier alpha value is -1.38. The van der Waals surface area contributed by atoms with E-state index < -0.39 is 4.92 Å². The van der Waals surface area contributed by atoms with Gasteiger partial charge in [-0.1, -0.05) is 6.07 Å². The Morgan fingerprint density at radius 2 is 2.29 bits per heavy atom. The Bertz CT molecular complexity index is 441. The highest BCUT2D eigenvalue weighted by molar-refractivity contribution is 9.10. The lowest BCUT2D eigenvalue weighted by atomic mass is 10.2. The summed E-state index contributed by atoms with van der Waals surface area (Å²) in [6.45, 7) is 1.42. The van der Waals surface area contributed by atoms with Crippen molar-refractivity contribution in [1.82, 2.24) is 5.32 Å². The molecule has 0 saturated heterocycles. The average Bonchev–Trinajstić information content (AvgIpc) is 2.30. The highest BCUT2D eigenvalue weighted by atomic mass is 79.9. The third kappa shape index (κ3) is 4.55. The summed E-state index contributed by atoms with van der Waals surface area (Å²) in [6, 6.07) is 5.11. The summed E-state index contributed by atoms with van der Waals surface area (Å²) in [5.74, 6) is 2.56. The van der Waals surface area contributed by atoms with Crippen molar-refractivity contribution in [2.45, 2.75) is 19.4 Å². The van der Waals surface area contributed by atoms with E-state index in [1.165, 1.54) is 0 Å². The summed E-state index contributed by atoms with van der Waals surface area (Å²) in [6.07, 6.45) is 6.79. The van der Waals surface area contributed by atoms with Gasteiger partial charge in [-0.2, -0.15) is 0 Å². The van der Waals surface area contributed by atoms with E-state index in [1.54, 1.807) is 12.1 Å². The predicted octanol–water partition coefficient (Wildman–Crippen LogP) is 2.86. The third-order valence-electron chi connectivity index (χ3n) is 2.21. The van der Waals surface area contributed by atoms with Gasteiger partial charge in [0, 0.05) is 19.0 Å². The minimum Gasteiger partial charge on any atom is -0.313 e. The minimum atomic E-state index is -0.397. The van der Waals surface area contributed by atoms with Crippen molar-refractivity contribution in [3.8, 4) is 12.3 Å². The molecule has 0 unspecified atom stereocenters. The quantitative estimate of drug-likeness (QED) is 0.380. The van der Waals surface area contributed by atoms with E-state index >= 15 is 0 Å². The van der Waals surface area contributed by atoms with E-state index in [2.05, 4.69) is 27.2 Å². The maximum Gasteiger partial charge on any atom is 0.283 e. The van der Waals surface area contributed by atoms with E-state index in [0.29, 0.717) is 11.0 Å². The van der Waals surface area contributed by atoms with Crippen LogP contribution in [-0.4, -0.2) is 11.5 Å². The smallest absolute Gasteiger partial charge is 0.283 e. The molecule has 0 aliphatic heterocycles. The summed E-state index contributed by atoms with van der Waals surface area (Å²) in [5, 5.41) is 13.9. The Labute approximate surface area is 109 Å². The molecule has 5 heteroatoms. The second-order valence-corrected chi connectivity index (χ2v) is 4.38. The van der Waals surface area contributed by atoms with Crippen LogP contribution in [0.3, 0.4) is 0 Å². The van der Waals surface area contributed by atoms with Crippen molar-refractivity contribution in [3.05, 3.63) is 38.3 Å². The van der Waals surface area contributed by atoms with Crippen LogP contribution in [0.4, 0.5) is 5.69 Å². The predicted molar refractivity (Wildman–Crippen MR) is 70.6 cm³/mol. The number of unbranched alkanes of at least 4 members (excludes halogenated alkanes) is 1. The first-order chi connectivity index (χ1) is 8.15. The first-order valence-corrected chi connectivity index (χ1v) is 6.01. The summed E-state index contributed by atoms with van der Waals surface area (Å²) in [5.41, 5.74) is 0.980. The molecule has 0 heterocycles. The van der Waals surface area contributed by atoms with Crippen LogP contribution < -0.4 is 5.32 Å². The minimum absolute atomic E-state index is 0.0907. The Morgan fingerprint density at radius 1 is 1.53 bits per heavy atom. The molecule has 0 aromatic heterocycles. The fourth-order valence-electron chi connectivity index (χ4n) is 1.36. The first kappa shape index (κ1) is 13.7. The molecule has 0 atom stereocenters. The monoisotopic (exact) mass is 296 g/mol. The zero-order valence-corrected chi connectivity index (χ0v) is 10.9. The fraction of sp³-hybridized carbons (Fsp3) is 0.333. The first-order valence-electron chi connectivity index (χ1n) is 5.22. The maximum atomic E-state index is 10.7. The third-order valence-corrected chi connectivity index (χ3v) is 2.88. The second kappa shape index (κ2) is 7.05. The van der Waals surface area contributed by atoms with Gasteiger partial charge in [-0.3, -0.25) is 10.1 Å². The summed E-state index contributed by atoms with van der Waals surface area (Å²) >= 11 is 3.15. The van der Waals surface area contributed by atoms with Crippen molar-refractivity contribution < 1.29 is 4.92 Å². The molecule has 1 rings (SSSR count). The second-order valence-electron chi connectivity index (χ2n) is 3.53. The van der Waals surface area contributed by atoms with Crippen molar-refractivity contribution in [1.29, 1.82) is 0 Å². The fourth-order valence-corrected chi connectivity index (χ4v) is 1.75. The number of rotatable bonds is 6. The van der Waals surface area contributed by atoms with Crippen molar-refractivity contribution >= 4 is 21.6 Å². The van der Waals surface area contributed by atoms with E-state index in [4.69, 9.17) is 6.42 Å². The molecule has 1 N–H and O–H groups in total. The van der Waals surface area contributed by atoms with E-state index in [9.17, 15) is 10.1 Å². The summed E-state index contributed by atoms with van der Waals surface area (Å²) < 4.78 is 0.499. The number of nitrogens with zero attached hydrogens (tertiary/aromatic N) is 1. The Balaban J connectivity index is 2.52. The van der Waals surface area contributed by atoms with Crippen LogP contribution in [0.15, 0.2) is 22.7 Å². The van der Waals surface area contributed by atoms with Crippen molar-refractivity contribution in [2.24, 2.45) is 0 Å². The molecular weight excluding hydrogens is 284 g/mol. The van der Waals surface area contributed by atoms with Gasteiger partial charge in [-0.25, -0.2) is 0 Å². The van der Waals surface area contributed by atoms with Gasteiger partial charge >= 0.3 is 0 Å². The summed E-state index contributed by atoms with van der Waals surface area (Å²) in [7, 11) is 0. The maximum absolute atomic E-state index is 10.7. The lowest BCUT2D eigenvalue weighted by molar-refractivity contribution is -0.385. The highest BCUT2D eigenvalue weighted by Gasteiger charge is 2.11. The number of hydrogen-bond acceptors (Lipinski definition) is 3. The van der Waals surface area contributed by atoms with Gasteiger partial charge in [-0.05, 0) is 40.5 Å². The van der Waals surface area contributed by atoms with Crippen LogP contribution in [-0.2, 0) is 6.54 Å². The Morgan fingerprint density at radius 3 is 2.94 bits per heavy atom. The van der Waals surface area contributed by atoms with Crippen LogP contribution in [0, 0.1) is 22.5 Å². The molecule has 1 aromatic rings. The largest absolute Gasteiger partial charge is 0.313 e. The van der Waals surface area contributed by atoms with E-state index in [0.717, 1.165) is 24.9 Å². The van der Waals surface area contributed by atoms with Crippen LogP contribution in [0.2, 0.25) is 0 Å². The van der Waals surface area contributed by atoms with Gasteiger partial charge in [0.2, 0.25) is 0 Å². The molecule has 0 aliphatic rings. The average molecular weight is 297 g/mol. The zero-order valence-electron chi connectivity index (χ0n) is 9.28. The van der Waals surface area contributed by atoms with E-state index in [1.807, 2.05) is 6.07 Å². The number of hydrogen-bond donors (Lipinski definition) is 1. The molecule has 0 saturated carbocycles. The molecule has 90 valence electrons. The molecule has 0 amide bonds. The standard InChI is InChI=1S/C12H13BrN2O2/c1-2-3-4-7-14-9-10-5-6-11(13)12(8-10)15(16)17/h1,5-6,8,14H,3-4,7,9H2. The van der Waals surface area contributed by atoms with Gasteiger partial charge in [0.05, 0.1) is 9.40 Å². The van der Waals surface area contributed by atoms with Gasteiger partial charge in [0.25, 0.3) is 5.69 Å². The topological polar surface area (TPSA) is 55.2 Å². The molecule has 0 spiro atoms. The number of nitrogens with one attached hydrogen (secondary N) is 1. The highest BCUT2D eigenvalue weighted by Crippen LogP contribution is 2.25. The number of nitro benzene ring substituents is 1. The molecular formula is C12H13BrN2O2.